The first-order valence-electron chi connectivity index (χ1n) is 10.2. The highest BCUT2D eigenvalue weighted by atomic mass is 19.4. The van der Waals surface area contributed by atoms with Crippen molar-refractivity contribution in [3.8, 4) is 0 Å². The van der Waals surface area contributed by atoms with Gasteiger partial charge in [-0.15, -0.1) is 0 Å². The normalized spacial score (nSPS) is 16.1. The van der Waals surface area contributed by atoms with Gasteiger partial charge in [0.15, 0.2) is 0 Å². The second-order valence-corrected chi connectivity index (χ2v) is 7.93. The molecule has 30 heavy (non-hydrogen) atoms. The predicted octanol–water partition coefficient (Wildman–Crippen LogP) is 4.80. The van der Waals surface area contributed by atoms with E-state index in [0.29, 0.717) is 12.3 Å². The van der Waals surface area contributed by atoms with E-state index in [1.54, 1.807) is 0 Å². The number of pyridine rings is 1. The smallest absolute Gasteiger partial charge is 0.337 e. The highest BCUT2D eigenvalue weighted by Crippen LogP contribution is 2.30. The van der Waals surface area contributed by atoms with Crippen LogP contribution in [0.3, 0.4) is 0 Å². The third-order valence-electron chi connectivity index (χ3n) is 5.79. The van der Waals surface area contributed by atoms with Crippen LogP contribution in [-0.2, 0) is 26.2 Å². The number of benzene rings is 1. The maximum Gasteiger partial charge on any atom is 0.416 e. The third-order valence-corrected chi connectivity index (χ3v) is 5.79. The second-order valence-electron chi connectivity index (χ2n) is 7.93. The molecule has 1 fully saturated rings. The van der Waals surface area contributed by atoms with E-state index in [0.717, 1.165) is 67.4 Å². The van der Waals surface area contributed by atoms with Gasteiger partial charge in [0, 0.05) is 43.2 Å². The Hall–Kier alpha value is -2.67. The fourth-order valence-corrected chi connectivity index (χ4v) is 3.98. The number of hydrogen-bond donors (Lipinski definition) is 0. The van der Waals surface area contributed by atoms with Gasteiger partial charge in [0.1, 0.15) is 5.82 Å². The van der Waals surface area contributed by atoms with Crippen molar-refractivity contribution < 1.29 is 13.2 Å². The maximum absolute atomic E-state index is 12.7. The summed E-state index contributed by atoms with van der Waals surface area (Å²) >= 11 is 0. The number of alkyl halides is 3. The lowest BCUT2D eigenvalue weighted by molar-refractivity contribution is -0.137. The average molecular weight is 414 g/mol. The lowest BCUT2D eigenvalue weighted by Gasteiger charge is -2.31. The van der Waals surface area contributed by atoms with Gasteiger partial charge in [0.25, 0.3) is 0 Å². The Labute approximate surface area is 174 Å². The lowest BCUT2D eigenvalue weighted by atomic mass is 9.92. The van der Waals surface area contributed by atoms with Crippen LogP contribution in [-0.4, -0.2) is 32.5 Å². The van der Waals surface area contributed by atoms with Gasteiger partial charge in [-0.1, -0.05) is 18.2 Å². The van der Waals surface area contributed by atoms with E-state index in [1.807, 2.05) is 31.6 Å². The summed E-state index contributed by atoms with van der Waals surface area (Å²) in [6.45, 7) is 2.86. The van der Waals surface area contributed by atoms with Crippen LogP contribution in [0.5, 0.6) is 0 Å². The molecule has 3 heterocycles. The SMILES string of the molecule is Cn1ccnc1CN1CCC(c2cccc(Cc3ccc(C(F)(F)F)cc3)n2)CC1. The minimum Gasteiger partial charge on any atom is -0.337 e. The molecule has 3 aromatic rings. The van der Waals surface area contributed by atoms with E-state index in [4.69, 9.17) is 4.98 Å². The van der Waals surface area contributed by atoms with Crippen LogP contribution in [0.4, 0.5) is 13.2 Å². The molecule has 7 heteroatoms. The van der Waals surface area contributed by atoms with Gasteiger partial charge in [0.2, 0.25) is 0 Å². The van der Waals surface area contributed by atoms with E-state index >= 15 is 0 Å². The molecular formula is C23H25F3N4. The van der Waals surface area contributed by atoms with Gasteiger partial charge in [-0.2, -0.15) is 13.2 Å². The number of aromatic nitrogens is 3. The monoisotopic (exact) mass is 414 g/mol. The molecule has 2 aromatic heterocycles. The van der Waals surface area contributed by atoms with Gasteiger partial charge < -0.3 is 4.57 Å². The number of aryl methyl sites for hydroxylation is 1. The molecular weight excluding hydrogens is 389 g/mol. The number of rotatable bonds is 5. The quantitative estimate of drug-likeness (QED) is 0.601. The molecule has 1 saturated heterocycles. The van der Waals surface area contributed by atoms with Crippen LogP contribution in [0.25, 0.3) is 0 Å². The maximum atomic E-state index is 12.7. The van der Waals surface area contributed by atoms with E-state index in [2.05, 4.69) is 20.5 Å². The van der Waals surface area contributed by atoms with E-state index < -0.39 is 11.7 Å². The summed E-state index contributed by atoms with van der Waals surface area (Å²) in [7, 11) is 2.02. The highest BCUT2D eigenvalue weighted by Gasteiger charge is 2.30. The average Bonchev–Trinajstić information content (AvgIpc) is 3.13. The third kappa shape index (κ3) is 4.90. The van der Waals surface area contributed by atoms with E-state index in [1.165, 1.54) is 12.1 Å². The number of likely N-dealkylation sites (tertiary alicyclic amines) is 1. The van der Waals surface area contributed by atoms with Crippen LogP contribution in [0.15, 0.2) is 54.9 Å². The van der Waals surface area contributed by atoms with Crippen LogP contribution >= 0.6 is 0 Å². The van der Waals surface area contributed by atoms with Gasteiger partial charge in [0.05, 0.1) is 12.1 Å². The summed E-state index contributed by atoms with van der Waals surface area (Å²) in [5, 5.41) is 0. The number of piperidine rings is 1. The van der Waals surface area contributed by atoms with Crippen molar-refractivity contribution in [1.82, 2.24) is 19.4 Å². The number of imidazole rings is 1. The molecule has 0 radical (unpaired) electrons. The molecule has 0 atom stereocenters. The van der Waals surface area contributed by atoms with Gasteiger partial charge in [-0.05, 0) is 55.8 Å². The first-order valence-corrected chi connectivity index (χ1v) is 10.2. The molecule has 0 aliphatic carbocycles. The Kier molecular flexibility index (Phi) is 5.90. The molecule has 0 N–H and O–H groups in total. The van der Waals surface area contributed by atoms with Crippen LogP contribution in [0.2, 0.25) is 0 Å². The zero-order valence-electron chi connectivity index (χ0n) is 16.9. The summed E-state index contributed by atoms with van der Waals surface area (Å²) in [6, 6.07) is 11.3. The molecule has 0 spiro atoms. The van der Waals surface area contributed by atoms with Crippen LogP contribution in [0.1, 0.15) is 47.1 Å². The van der Waals surface area contributed by atoms with Crippen molar-refractivity contribution in [2.45, 2.75) is 37.9 Å². The molecule has 0 amide bonds. The van der Waals surface area contributed by atoms with Crippen molar-refractivity contribution >= 4 is 0 Å². The lowest BCUT2D eigenvalue weighted by Crippen LogP contribution is -2.33. The number of halogens is 3. The van der Waals surface area contributed by atoms with Crippen LogP contribution < -0.4 is 0 Å². The second kappa shape index (κ2) is 8.60. The first-order chi connectivity index (χ1) is 14.4. The van der Waals surface area contributed by atoms with Gasteiger partial charge in [-0.3, -0.25) is 9.88 Å². The standard InChI is InChI=1S/C23H25F3N4/c1-29-14-11-27-22(29)16-30-12-9-18(10-13-30)21-4-2-3-20(28-21)15-17-5-7-19(8-6-17)23(24,25)26/h2-8,11,14,18H,9-10,12-13,15-16H2,1H3. The Bertz CT molecular complexity index is 971. The topological polar surface area (TPSA) is 34.0 Å². The van der Waals surface area contributed by atoms with E-state index in [-0.39, 0.29) is 0 Å². The molecule has 4 rings (SSSR count). The fourth-order valence-electron chi connectivity index (χ4n) is 3.98. The van der Waals surface area contributed by atoms with Crippen molar-refractivity contribution in [2.75, 3.05) is 13.1 Å². The van der Waals surface area contributed by atoms with Crippen molar-refractivity contribution in [3.63, 3.8) is 0 Å². The Morgan fingerprint density at radius 2 is 1.77 bits per heavy atom. The van der Waals surface area contributed by atoms with E-state index in [9.17, 15) is 13.2 Å². The number of nitrogens with zero attached hydrogens (tertiary/aromatic N) is 4. The summed E-state index contributed by atoms with van der Waals surface area (Å²) in [5.41, 5.74) is 2.18. The van der Waals surface area contributed by atoms with Gasteiger partial charge in [-0.25, -0.2) is 4.98 Å². The summed E-state index contributed by atoms with van der Waals surface area (Å²) in [4.78, 5) is 11.6. The molecule has 0 saturated carbocycles. The molecule has 0 unspecified atom stereocenters. The molecule has 1 aliphatic rings. The summed E-state index contributed by atoms with van der Waals surface area (Å²) < 4.78 is 40.3. The zero-order valence-corrected chi connectivity index (χ0v) is 16.9. The Balaban J connectivity index is 1.36. The molecule has 158 valence electrons. The first kappa shape index (κ1) is 20.6. The van der Waals surface area contributed by atoms with Crippen molar-refractivity contribution in [2.24, 2.45) is 7.05 Å². The minimum atomic E-state index is -4.30. The summed E-state index contributed by atoms with van der Waals surface area (Å²) in [5.74, 6) is 1.49. The highest BCUT2D eigenvalue weighted by molar-refractivity contribution is 5.28. The zero-order chi connectivity index (χ0) is 21.1. The predicted molar refractivity (Wildman–Crippen MR) is 109 cm³/mol. The Morgan fingerprint density at radius 3 is 2.40 bits per heavy atom. The largest absolute Gasteiger partial charge is 0.416 e. The molecule has 1 aromatic carbocycles. The minimum absolute atomic E-state index is 0.412. The fraction of sp³-hybridized carbons (Fsp3) is 0.391. The molecule has 4 nitrogen and oxygen atoms in total. The summed E-state index contributed by atoms with van der Waals surface area (Å²) in [6.07, 6.45) is 2.11. The molecule has 1 aliphatic heterocycles. The van der Waals surface area contributed by atoms with Crippen molar-refractivity contribution in [3.05, 3.63) is 83.2 Å². The Morgan fingerprint density at radius 1 is 1.03 bits per heavy atom. The molecule has 0 bridgehead atoms. The van der Waals surface area contributed by atoms with Crippen LogP contribution in [0, 0.1) is 0 Å². The number of hydrogen-bond acceptors (Lipinski definition) is 3. The van der Waals surface area contributed by atoms with Gasteiger partial charge >= 0.3 is 6.18 Å². The van der Waals surface area contributed by atoms with Crippen molar-refractivity contribution in [1.29, 1.82) is 0 Å².